The number of nitrogens with zero attached hydrogens (tertiary/aromatic N) is 1. The lowest BCUT2D eigenvalue weighted by Gasteiger charge is -2.20. The number of halogens is 2. The molecule has 0 aliphatic rings. The number of carbonyl (C=O) groups is 1. The van der Waals surface area contributed by atoms with E-state index in [0.29, 0.717) is 5.56 Å². The predicted molar refractivity (Wildman–Crippen MR) is 69.7 cm³/mol. The van der Waals surface area contributed by atoms with E-state index in [4.69, 9.17) is 5.11 Å². The van der Waals surface area contributed by atoms with Crippen molar-refractivity contribution in [3.63, 3.8) is 0 Å². The molecule has 0 heterocycles. The Labute approximate surface area is 111 Å². The lowest BCUT2D eigenvalue weighted by Crippen LogP contribution is -2.33. The van der Waals surface area contributed by atoms with Gasteiger partial charge >= 0.3 is 0 Å². The minimum atomic E-state index is -2.46. The van der Waals surface area contributed by atoms with Gasteiger partial charge in [0.15, 0.2) is 5.78 Å². The number of rotatable bonds is 8. The summed E-state index contributed by atoms with van der Waals surface area (Å²) in [6, 6.07) is 7.20. The Morgan fingerprint density at radius 2 is 2.11 bits per heavy atom. The van der Waals surface area contributed by atoms with Crippen molar-refractivity contribution in [2.45, 2.75) is 19.8 Å². The number of aryl methyl sites for hydroxylation is 1. The predicted octanol–water partition coefficient (Wildman–Crippen LogP) is 2.13. The van der Waals surface area contributed by atoms with E-state index in [0.717, 1.165) is 5.56 Å². The van der Waals surface area contributed by atoms with Gasteiger partial charge in [0.2, 0.25) is 0 Å². The molecule has 1 rings (SSSR count). The number of Topliss-reactive ketones (excluding diaryl/α,β-unsaturated/α-hetero) is 1. The summed E-state index contributed by atoms with van der Waals surface area (Å²) in [6.07, 6.45) is -2.28. The molecule has 0 aliphatic heterocycles. The first-order chi connectivity index (χ1) is 9.02. The molecule has 0 atom stereocenters. The van der Waals surface area contributed by atoms with E-state index in [1.807, 2.05) is 13.0 Å². The fraction of sp³-hybridized carbons (Fsp3) is 0.500. The average molecular weight is 271 g/mol. The molecule has 0 unspecified atom stereocenters. The number of ketones is 1. The van der Waals surface area contributed by atoms with Crippen molar-refractivity contribution >= 4 is 5.78 Å². The van der Waals surface area contributed by atoms with Gasteiger partial charge in [-0.25, -0.2) is 8.78 Å². The minimum Gasteiger partial charge on any atom is -0.395 e. The zero-order valence-electron chi connectivity index (χ0n) is 11.0. The van der Waals surface area contributed by atoms with Crippen LogP contribution in [-0.2, 0) is 0 Å². The summed E-state index contributed by atoms with van der Waals surface area (Å²) in [4.78, 5) is 13.3. The number of benzene rings is 1. The molecular weight excluding hydrogens is 252 g/mol. The van der Waals surface area contributed by atoms with Gasteiger partial charge in [-0.2, -0.15) is 0 Å². The van der Waals surface area contributed by atoms with Crippen molar-refractivity contribution in [3.8, 4) is 0 Å². The van der Waals surface area contributed by atoms with E-state index in [2.05, 4.69) is 0 Å². The van der Waals surface area contributed by atoms with E-state index in [-0.39, 0.29) is 31.9 Å². The minimum absolute atomic E-state index is 0.0686. The van der Waals surface area contributed by atoms with Crippen molar-refractivity contribution in [1.29, 1.82) is 0 Å². The molecule has 19 heavy (non-hydrogen) atoms. The first-order valence-electron chi connectivity index (χ1n) is 6.24. The number of carbonyl (C=O) groups excluding carboxylic acids is 1. The van der Waals surface area contributed by atoms with Gasteiger partial charge in [-0.15, -0.1) is 0 Å². The van der Waals surface area contributed by atoms with Crippen molar-refractivity contribution in [2.24, 2.45) is 0 Å². The summed E-state index contributed by atoms with van der Waals surface area (Å²) < 4.78 is 24.6. The highest BCUT2D eigenvalue weighted by Gasteiger charge is 2.14. The molecule has 3 nitrogen and oxygen atoms in total. The Morgan fingerprint density at radius 3 is 2.68 bits per heavy atom. The number of hydrogen-bond acceptors (Lipinski definition) is 3. The summed E-state index contributed by atoms with van der Waals surface area (Å²) in [5, 5.41) is 8.80. The molecule has 5 heteroatoms. The molecule has 0 amide bonds. The highest BCUT2D eigenvalue weighted by molar-refractivity contribution is 5.96. The lowest BCUT2D eigenvalue weighted by atomic mass is 10.1. The SMILES string of the molecule is Cc1cccc(C(=O)CCN(CCO)CC(F)F)c1. The summed E-state index contributed by atoms with van der Waals surface area (Å²) >= 11 is 0. The lowest BCUT2D eigenvalue weighted by molar-refractivity contribution is 0.0732. The normalized spacial score (nSPS) is 11.3. The van der Waals surface area contributed by atoms with Gasteiger partial charge in [0.05, 0.1) is 13.2 Å². The second-order valence-electron chi connectivity index (χ2n) is 4.46. The van der Waals surface area contributed by atoms with Crippen LogP contribution in [0.1, 0.15) is 22.3 Å². The third-order valence-electron chi connectivity index (χ3n) is 2.81. The average Bonchev–Trinajstić information content (AvgIpc) is 2.35. The fourth-order valence-corrected chi connectivity index (χ4v) is 1.85. The van der Waals surface area contributed by atoms with Crippen molar-refractivity contribution in [1.82, 2.24) is 4.90 Å². The van der Waals surface area contributed by atoms with E-state index < -0.39 is 13.0 Å². The van der Waals surface area contributed by atoms with Crippen LogP contribution in [0.2, 0.25) is 0 Å². The Kier molecular flexibility index (Phi) is 6.59. The molecule has 106 valence electrons. The van der Waals surface area contributed by atoms with Gasteiger partial charge in [0, 0.05) is 25.1 Å². The largest absolute Gasteiger partial charge is 0.395 e. The third-order valence-corrected chi connectivity index (χ3v) is 2.81. The highest BCUT2D eigenvalue weighted by Crippen LogP contribution is 2.08. The molecule has 1 aromatic carbocycles. The smallest absolute Gasteiger partial charge is 0.251 e. The van der Waals surface area contributed by atoms with Crippen LogP contribution in [0.5, 0.6) is 0 Å². The Bertz CT molecular complexity index is 410. The summed E-state index contributed by atoms with van der Waals surface area (Å²) in [7, 11) is 0. The van der Waals surface area contributed by atoms with Crippen LogP contribution in [0, 0.1) is 6.92 Å². The Balaban J connectivity index is 2.51. The second-order valence-corrected chi connectivity index (χ2v) is 4.46. The molecule has 0 aromatic heterocycles. The van der Waals surface area contributed by atoms with Crippen LogP contribution in [0.3, 0.4) is 0 Å². The molecule has 0 saturated carbocycles. The molecule has 0 radical (unpaired) electrons. The van der Waals surface area contributed by atoms with Crippen LogP contribution in [-0.4, -0.2) is 48.5 Å². The van der Waals surface area contributed by atoms with Gasteiger partial charge in [0.1, 0.15) is 0 Å². The van der Waals surface area contributed by atoms with Crippen LogP contribution in [0.4, 0.5) is 8.78 Å². The topological polar surface area (TPSA) is 40.5 Å². The number of aliphatic hydroxyl groups excluding tert-OH is 1. The van der Waals surface area contributed by atoms with Crippen LogP contribution >= 0.6 is 0 Å². The zero-order chi connectivity index (χ0) is 14.3. The summed E-state index contributed by atoms with van der Waals surface area (Å²) in [6.45, 7) is 1.68. The Hall–Kier alpha value is -1.33. The summed E-state index contributed by atoms with van der Waals surface area (Å²) in [5.41, 5.74) is 1.59. The first-order valence-corrected chi connectivity index (χ1v) is 6.24. The monoisotopic (exact) mass is 271 g/mol. The number of aliphatic hydroxyl groups is 1. The maximum Gasteiger partial charge on any atom is 0.251 e. The molecule has 0 aliphatic carbocycles. The maximum absolute atomic E-state index is 12.3. The van der Waals surface area contributed by atoms with E-state index in [1.165, 1.54) is 4.90 Å². The maximum atomic E-state index is 12.3. The van der Waals surface area contributed by atoms with Crippen LogP contribution in [0.15, 0.2) is 24.3 Å². The molecule has 0 fully saturated rings. The quantitative estimate of drug-likeness (QED) is 0.736. The summed E-state index contributed by atoms with van der Waals surface area (Å²) in [5.74, 6) is -0.0686. The van der Waals surface area contributed by atoms with Crippen LogP contribution in [0.25, 0.3) is 0 Å². The third kappa shape index (κ3) is 5.89. The zero-order valence-corrected chi connectivity index (χ0v) is 11.0. The Morgan fingerprint density at radius 1 is 1.37 bits per heavy atom. The van der Waals surface area contributed by atoms with Gasteiger partial charge in [-0.1, -0.05) is 23.8 Å². The second kappa shape index (κ2) is 7.96. The van der Waals surface area contributed by atoms with Gasteiger partial charge < -0.3 is 5.11 Å². The van der Waals surface area contributed by atoms with E-state index in [9.17, 15) is 13.6 Å². The molecule has 1 N–H and O–H groups in total. The van der Waals surface area contributed by atoms with Gasteiger partial charge in [-0.05, 0) is 13.0 Å². The molecule has 1 aromatic rings. The number of hydrogen-bond donors (Lipinski definition) is 1. The highest BCUT2D eigenvalue weighted by atomic mass is 19.3. The van der Waals surface area contributed by atoms with E-state index in [1.54, 1.807) is 18.2 Å². The van der Waals surface area contributed by atoms with Crippen LogP contribution < -0.4 is 0 Å². The molecule has 0 spiro atoms. The van der Waals surface area contributed by atoms with Crippen molar-refractivity contribution in [3.05, 3.63) is 35.4 Å². The standard InChI is InChI=1S/C14H19F2NO2/c1-11-3-2-4-12(9-11)13(19)5-6-17(7-8-18)10-14(15)16/h2-4,9,14,18H,5-8,10H2,1H3. The van der Waals surface area contributed by atoms with E-state index >= 15 is 0 Å². The molecular formula is C14H19F2NO2. The number of alkyl halides is 2. The molecule has 0 saturated heterocycles. The fourth-order valence-electron chi connectivity index (χ4n) is 1.85. The van der Waals surface area contributed by atoms with Gasteiger partial charge in [-0.3, -0.25) is 9.69 Å². The van der Waals surface area contributed by atoms with Crippen molar-refractivity contribution < 1.29 is 18.7 Å². The first kappa shape index (κ1) is 15.7. The van der Waals surface area contributed by atoms with Gasteiger partial charge in [0.25, 0.3) is 6.43 Å². The molecule has 0 bridgehead atoms. The van der Waals surface area contributed by atoms with Crippen molar-refractivity contribution in [2.75, 3.05) is 26.2 Å².